The lowest BCUT2D eigenvalue weighted by atomic mass is 9.53. The summed E-state index contributed by atoms with van der Waals surface area (Å²) in [5.41, 5.74) is 2.61. The maximum absolute atomic E-state index is 13.1. The van der Waals surface area contributed by atoms with Crippen molar-refractivity contribution >= 4 is 28.3 Å². The highest BCUT2D eigenvalue weighted by Gasteiger charge is 2.60. The second-order valence-electron chi connectivity index (χ2n) is 13.3. The van der Waals surface area contributed by atoms with Gasteiger partial charge >= 0.3 is 5.97 Å². The molecule has 6 rings (SSSR count). The predicted octanol–water partition coefficient (Wildman–Crippen LogP) is 7.54. The van der Waals surface area contributed by atoms with Crippen molar-refractivity contribution < 1.29 is 19.4 Å². The molecule has 40 heavy (non-hydrogen) atoms. The van der Waals surface area contributed by atoms with E-state index in [2.05, 4.69) is 23.3 Å². The number of aryl methyl sites for hydroxylation is 2. The van der Waals surface area contributed by atoms with Crippen LogP contribution in [0.25, 0.3) is 0 Å². The number of aromatic hydroxyl groups is 1. The third-order valence-electron chi connectivity index (χ3n) is 10.9. The molecule has 0 bridgehead atoms. The molecular formula is C33H44N2O4S. The topological polar surface area (TPSA) is 88.5 Å². The van der Waals surface area contributed by atoms with Crippen molar-refractivity contribution in [1.29, 1.82) is 0 Å². The highest BCUT2D eigenvalue weighted by Crippen LogP contribution is 2.64. The fourth-order valence-corrected chi connectivity index (χ4v) is 9.71. The summed E-state index contributed by atoms with van der Waals surface area (Å²) in [6.45, 7) is 4.36. The monoisotopic (exact) mass is 564 g/mol. The van der Waals surface area contributed by atoms with E-state index < -0.39 is 0 Å². The van der Waals surface area contributed by atoms with Gasteiger partial charge in [-0.2, -0.15) is 0 Å². The number of amides is 1. The minimum absolute atomic E-state index is 0.0184. The number of esters is 1. The van der Waals surface area contributed by atoms with E-state index in [1.807, 2.05) is 19.1 Å². The van der Waals surface area contributed by atoms with Crippen LogP contribution in [-0.4, -0.2) is 28.1 Å². The molecule has 1 aromatic carbocycles. The van der Waals surface area contributed by atoms with E-state index in [1.165, 1.54) is 48.1 Å². The first-order valence-electron chi connectivity index (χ1n) is 15.5. The summed E-state index contributed by atoms with van der Waals surface area (Å²) >= 11 is 1.50. The van der Waals surface area contributed by atoms with E-state index in [0.717, 1.165) is 49.8 Å². The smallest absolute Gasteiger partial charge is 0.306 e. The van der Waals surface area contributed by atoms with E-state index in [-0.39, 0.29) is 23.4 Å². The summed E-state index contributed by atoms with van der Waals surface area (Å²) in [5.74, 6) is 2.75. The molecule has 7 heteroatoms. The SMILES string of the molecule is Cc1cnc(NC(=O)CC[C@@H]2C[C@H](OC(=O)CCC3CCCC3)C3(C)CCC4c5ccc(O)cc5CCC4C23)s1. The number of carbonyl (C=O) groups is 2. The zero-order chi connectivity index (χ0) is 27.9. The lowest BCUT2D eigenvalue weighted by molar-refractivity contribution is -0.158. The maximum Gasteiger partial charge on any atom is 0.306 e. The molecule has 216 valence electrons. The van der Waals surface area contributed by atoms with Gasteiger partial charge in [-0.1, -0.05) is 38.7 Å². The van der Waals surface area contributed by atoms with Gasteiger partial charge < -0.3 is 15.2 Å². The maximum atomic E-state index is 13.1. The van der Waals surface area contributed by atoms with E-state index in [9.17, 15) is 14.7 Å². The van der Waals surface area contributed by atoms with Crippen LogP contribution in [0, 0.1) is 36.0 Å². The fraction of sp³-hybridized carbons (Fsp3) is 0.667. The molecule has 2 aromatic rings. The standard InChI is InChI=1S/C33H44N2O4S/c1-20-19-34-32(40-20)35-29(37)13-9-23-18-28(39-30(38)14-7-21-5-3-4-6-21)33(2)16-15-26-25-12-10-24(36)17-22(25)8-11-27(26)31(23)33/h10,12,17,19,21,23,26-28,31,36H,3-9,11,13-16,18H2,1-2H3,(H,34,35,37)/t23-,26?,27?,28+,31?,33?/m1/s1. The van der Waals surface area contributed by atoms with Crippen LogP contribution in [0.4, 0.5) is 5.13 Å². The Bertz CT molecular complexity index is 1240. The summed E-state index contributed by atoms with van der Waals surface area (Å²) in [6.07, 6.45) is 14.6. The van der Waals surface area contributed by atoms with Crippen molar-refractivity contribution in [2.45, 2.75) is 109 Å². The number of ether oxygens (including phenoxy) is 1. The molecule has 2 N–H and O–H groups in total. The number of phenols is 1. The van der Waals surface area contributed by atoms with Gasteiger partial charge in [0.2, 0.25) is 5.91 Å². The second kappa shape index (κ2) is 11.5. The van der Waals surface area contributed by atoms with Crippen molar-refractivity contribution in [2.75, 3.05) is 5.32 Å². The summed E-state index contributed by atoms with van der Waals surface area (Å²) < 4.78 is 6.36. The molecule has 1 amide bonds. The van der Waals surface area contributed by atoms with Crippen molar-refractivity contribution in [3.63, 3.8) is 0 Å². The van der Waals surface area contributed by atoms with Gasteiger partial charge in [-0.15, -0.1) is 11.3 Å². The number of fused-ring (bicyclic) bond motifs is 5. The van der Waals surface area contributed by atoms with Crippen LogP contribution < -0.4 is 5.32 Å². The van der Waals surface area contributed by atoms with Crippen LogP contribution in [0.5, 0.6) is 5.75 Å². The zero-order valence-corrected chi connectivity index (χ0v) is 24.8. The van der Waals surface area contributed by atoms with E-state index >= 15 is 0 Å². The van der Waals surface area contributed by atoms with Crippen LogP contribution in [0.1, 0.15) is 106 Å². The first kappa shape index (κ1) is 27.7. The Hall–Kier alpha value is -2.41. The highest BCUT2D eigenvalue weighted by atomic mass is 32.1. The molecule has 0 saturated heterocycles. The Morgan fingerprint density at radius 1 is 1.15 bits per heavy atom. The van der Waals surface area contributed by atoms with Gasteiger partial charge in [0.1, 0.15) is 11.9 Å². The van der Waals surface area contributed by atoms with Crippen molar-refractivity contribution in [3.05, 3.63) is 40.4 Å². The Labute approximate surface area is 242 Å². The zero-order valence-electron chi connectivity index (χ0n) is 24.0. The Morgan fingerprint density at radius 2 is 1.98 bits per heavy atom. The van der Waals surface area contributed by atoms with Gasteiger partial charge in [0.25, 0.3) is 0 Å². The number of nitrogens with zero attached hydrogens (tertiary/aromatic N) is 1. The van der Waals surface area contributed by atoms with Gasteiger partial charge in [-0.3, -0.25) is 9.59 Å². The highest BCUT2D eigenvalue weighted by molar-refractivity contribution is 7.15. The van der Waals surface area contributed by atoms with Gasteiger partial charge in [0.15, 0.2) is 5.13 Å². The quantitative estimate of drug-likeness (QED) is 0.323. The normalized spacial score (nSPS) is 31.3. The number of rotatable bonds is 8. The van der Waals surface area contributed by atoms with Gasteiger partial charge in [0.05, 0.1) is 0 Å². The van der Waals surface area contributed by atoms with E-state index in [4.69, 9.17) is 4.74 Å². The Balaban J connectivity index is 1.19. The number of anilines is 1. The summed E-state index contributed by atoms with van der Waals surface area (Å²) in [6, 6.07) is 5.92. The molecule has 3 fully saturated rings. The first-order chi connectivity index (χ1) is 19.3. The molecular weight excluding hydrogens is 520 g/mol. The number of nitrogens with one attached hydrogen (secondary N) is 1. The fourth-order valence-electron chi connectivity index (χ4n) is 9.03. The average Bonchev–Trinajstić information content (AvgIpc) is 3.66. The Morgan fingerprint density at radius 3 is 2.75 bits per heavy atom. The van der Waals surface area contributed by atoms with Crippen molar-refractivity contribution in [2.24, 2.45) is 29.1 Å². The van der Waals surface area contributed by atoms with Crippen molar-refractivity contribution in [3.8, 4) is 5.75 Å². The number of hydrogen-bond acceptors (Lipinski definition) is 6. The summed E-state index contributed by atoms with van der Waals surface area (Å²) in [5, 5.41) is 13.7. The molecule has 1 aromatic heterocycles. The third kappa shape index (κ3) is 5.55. The number of benzene rings is 1. The molecule has 6 nitrogen and oxygen atoms in total. The number of aromatic nitrogens is 1. The molecule has 4 aliphatic rings. The molecule has 6 atom stereocenters. The van der Waals surface area contributed by atoms with Crippen molar-refractivity contribution in [1.82, 2.24) is 4.98 Å². The lowest BCUT2D eigenvalue weighted by Crippen LogP contribution is -2.46. The minimum atomic E-state index is -0.0783. The van der Waals surface area contributed by atoms with Gasteiger partial charge in [-0.05, 0) is 105 Å². The number of thiazole rings is 1. The van der Waals surface area contributed by atoms with E-state index in [0.29, 0.717) is 53.3 Å². The summed E-state index contributed by atoms with van der Waals surface area (Å²) in [7, 11) is 0. The van der Waals surface area contributed by atoms with Crippen LogP contribution in [0.3, 0.4) is 0 Å². The van der Waals surface area contributed by atoms with Crippen LogP contribution in [-0.2, 0) is 20.7 Å². The second-order valence-corrected chi connectivity index (χ2v) is 14.5. The number of phenolic OH excluding ortho intramolecular Hbond substituents is 1. The third-order valence-corrected chi connectivity index (χ3v) is 11.7. The number of carbonyl (C=O) groups excluding carboxylic acids is 2. The first-order valence-corrected chi connectivity index (χ1v) is 16.4. The molecule has 0 radical (unpaired) electrons. The molecule has 0 aliphatic heterocycles. The number of hydrogen-bond donors (Lipinski definition) is 2. The van der Waals surface area contributed by atoms with Gasteiger partial charge in [0, 0.05) is 29.3 Å². The van der Waals surface area contributed by atoms with Crippen LogP contribution >= 0.6 is 11.3 Å². The molecule has 4 unspecified atom stereocenters. The van der Waals surface area contributed by atoms with Gasteiger partial charge in [-0.25, -0.2) is 4.98 Å². The molecule has 4 aliphatic carbocycles. The molecule has 0 spiro atoms. The average molecular weight is 565 g/mol. The van der Waals surface area contributed by atoms with Crippen LogP contribution in [0.15, 0.2) is 24.4 Å². The Kier molecular flexibility index (Phi) is 7.95. The largest absolute Gasteiger partial charge is 0.508 e. The van der Waals surface area contributed by atoms with Crippen LogP contribution in [0.2, 0.25) is 0 Å². The molecule has 1 heterocycles. The lowest BCUT2D eigenvalue weighted by Gasteiger charge is -2.51. The van der Waals surface area contributed by atoms with E-state index in [1.54, 1.807) is 6.20 Å². The minimum Gasteiger partial charge on any atom is -0.508 e. The predicted molar refractivity (Wildman–Crippen MR) is 157 cm³/mol. The summed E-state index contributed by atoms with van der Waals surface area (Å²) in [4.78, 5) is 31.4. The molecule has 3 saturated carbocycles.